The Bertz CT molecular complexity index is 941. The Morgan fingerprint density at radius 2 is 2.08 bits per heavy atom. The molecule has 3 aromatic rings. The summed E-state index contributed by atoms with van der Waals surface area (Å²) in [6, 6.07) is 10.8. The summed E-state index contributed by atoms with van der Waals surface area (Å²) in [6.45, 7) is 2.02. The molecule has 1 saturated carbocycles. The van der Waals surface area contributed by atoms with Gasteiger partial charge in [-0.25, -0.2) is 4.98 Å². The fourth-order valence-corrected chi connectivity index (χ4v) is 2.98. The van der Waals surface area contributed by atoms with Crippen LogP contribution < -0.4 is 10.6 Å². The number of furan rings is 1. The largest absolute Gasteiger partial charge is 0.459 e. The molecular weight excluding hydrogens is 332 g/mol. The second kappa shape index (κ2) is 6.67. The lowest BCUT2D eigenvalue weighted by Gasteiger charge is -2.15. The van der Waals surface area contributed by atoms with Crippen LogP contribution in [0.25, 0.3) is 11.0 Å². The van der Waals surface area contributed by atoms with E-state index in [1.807, 2.05) is 35.8 Å². The van der Waals surface area contributed by atoms with E-state index in [0.717, 1.165) is 23.9 Å². The number of carbonyl (C=O) groups is 2. The van der Waals surface area contributed by atoms with E-state index in [9.17, 15) is 9.59 Å². The molecule has 4 rings (SSSR count). The summed E-state index contributed by atoms with van der Waals surface area (Å²) in [5, 5.41) is 5.87. The summed E-state index contributed by atoms with van der Waals surface area (Å²) >= 11 is 0. The number of para-hydroxylation sites is 2. The molecule has 1 aliphatic rings. The van der Waals surface area contributed by atoms with Gasteiger partial charge in [0.1, 0.15) is 12.4 Å². The van der Waals surface area contributed by atoms with Gasteiger partial charge in [-0.1, -0.05) is 12.1 Å². The topological polar surface area (TPSA) is 89.2 Å². The molecule has 134 valence electrons. The minimum Gasteiger partial charge on any atom is -0.459 e. The molecule has 1 aromatic carbocycles. The van der Waals surface area contributed by atoms with Gasteiger partial charge >= 0.3 is 0 Å². The first-order valence-electron chi connectivity index (χ1n) is 8.70. The quantitative estimate of drug-likeness (QED) is 0.713. The van der Waals surface area contributed by atoms with Crippen LogP contribution in [0.3, 0.4) is 0 Å². The lowest BCUT2D eigenvalue weighted by atomic mass is 10.3. The highest BCUT2D eigenvalue weighted by atomic mass is 16.3. The van der Waals surface area contributed by atoms with E-state index in [2.05, 4.69) is 15.6 Å². The fraction of sp³-hybridized carbons (Fsp3) is 0.316. The standard InChI is InChI=1S/C19H20N4O3/c1-12(20-19(25)16-7-4-10-26-16)18-22-14-5-2-3-6-15(14)23(18)11-17(24)21-13-8-9-13/h2-7,10,12-13H,8-9,11H2,1H3,(H,20,25)(H,21,24). The van der Waals surface area contributed by atoms with Gasteiger partial charge in [0.25, 0.3) is 5.91 Å². The Hall–Kier alpha value is -3.09. The van der Waals surface area contributed by atoms with E-state index >= 15 is 0 Å². The zero-order valence-electron chi connectivity index (χ0n) is 14.4. The van der Waals surface area contributed by atoms with Crippen molar-refractivity contribution in [3.8, 4) is 0 Å². The van der Waals surface area contributed by atoms with E-state index in [-0.39, 0.29) is 30.2 Å². The smallest absolute Gasteiger partial charge is 0.287 e. The van der Waals surface area contributed by atoms with Crippen molar-refractivity contribution < 1.29 is 14.0 Å². The van der Waals surface area contributed by atoms with E-state index in [4.69, 9.17) is 4.42 Å². The monoisotopic (exact) mass is 352 g/mol. The molecule has 2 aromatic heterocycles. The fourth-order valence-electron chi connectivity index (χ4n) is 2.98. The highest BCUT2D eigenvalue weighted by Gasteiger charge is 2.25. The van der Waals surface area contributed by atoms with Gasteiger partial charge in [0.2, 0.25) is 5.91 Å². The maximum atomic E-state index is 12.3. The number of hydrogen-bond donors (Lipinski definition) is 2. The first-order valence-corrected chi connectivity index (χ1v) is 8.70. The van der Waals surface area contributed by atoms with Gasteiger partial charge in [-0.15, -0.1) is 0 Å². The summed E-state index contributed by atoms with van der Waals surface area (Å²) in [4.78, 5) is 29.2. The number of benzene rings is 1. The summed E-state index contributed by atoms with van der Waals surface area (Å²) in [5.74, 6) is 0.521. The van der Waals surface area contributed by atoms with Crippen molar-refractivity contribution in [3.63, 3.8) is 0 Å². The number of rotatable bonds is 6. The van der Waals surface area contributed by atoms with Crippen molar-refractivity contribution in [1.29, 1.82) is 0 Å². The van der Waals surface area contributed by atoms with Gasteiger partial charge in [0.15, 0.2) is 5.76 Å². The van der Waals surface area contributed by atoms with Crippen molar-refractivity contribution in [3.05, 3.63) is 54.2 Å². The number of amides is 2. The van der Waals surface area contributed by atoms with Crippen LogP contribution in [-0.2, 0) is 11.3 Å². The molecule has 1 aliphatic carbocycles. The zero-order chi connectivity index (χ0) is 18.1. The van der Waals surface area contributed by atoms with Crippen molar-refractivity contribution in [2.45, 2.75) is 38.4 Å². The molecule has 2 N–H and O–H groups in total. The Labute approximate surface area is 150 Å². The Balaban J connectivity index is 1.61. The van der Waals surface area contributed by atoms with E-state index in [1.165, 1.54) is 6.26 Å². The third kappa shape index (κ3) is 3.33. The van der Waals surface area contributed by atoms with Crippen LogP contribution in [0.4, 0.5) is 0 Å². The molecule has 0 radical (unpaired) electrons. The summed E-state index contributed by atoms with van der Waals surface area (Å²) in [6.07, 6.45) is 3.54. The van der Waals surface area contributed by atoms with Crippen molar-refractivity contribution in [2.24, 2.45) is 0 Å². The van der Waals surface area contributed by atoms with Gasteiger partial charge in [-0.2, -0.15) is 0 Å². The number of fused-ring (bicyclic) bond motifs is 1. The van der Waals surface area contributed by atoms with Gasteiger partial charge < -0.3 is 19.6 Å². The van der Waals surface area contributed by atoms with Crippen LogP contribution in [0.5, 0.6) is 0 Å². The predicted octanol–water partition coefficient (Wildman–Crippen LogP) is 2.40. The third-order valence-electron chi connectivity index (χ3n) is 4.41. The first-order chi connectivity index (χ1) is 12.6. The number of carbonyl (C=O) groups excluding carboxylic acids is 2. The van der Waals surface area contributed by atoms with E-state index < -0.39 is 0 Å². The van der Waals surface area contributed by atoms with Gasteiger partial charge in [0, 0.05) is 6.04 Å². The first kappa shape index (κ1) is 16.4. The van der Waals surface area contributed by atoms with Crippen LogP contribution in [0.2, 0.25) is 0 Å². The Kier molecular flexibility index (Phi) is 4.20. The van der Waals surface area contributed by atoms with Crippen LogP contribution >= 0.6 is 0 Å². The molecule has 26 heavy (non-hydrogen) atoms. The predicted molar refractivity (Wildman–Crippen MR) is 95.5 cm³/mol. The summed E-state index contributed by atoms with van der Waals surface area (Å²) in [7, 11) is 0. The summed E-state index contributed by atoms with van der Waals surface area (Å²) in [5.41, 5.74) is 1.66. The van der Waals surface area contributed by atoms with Gasteiger partial charge in [-0.3, -0.25) is 9.59 Å². The normalized spacial score (nSPS) is 15.0. The molecule has 2 amide bonds. The molecule has 0 aliphatic heterocycles. The Morgan fingerprint density at radius 1 is 1.27 bits per heavy atom. The lowest BCUT2D eigenvalue weighted by molar-refractivity contribution is -0.121. The zero-order valence-corrected chi connectivity index (χ0v) is 14.4. The van der Waals surface area contributed by atoms with Crippen LogP contribution in [0.15, 0.2) is 47.1 Å². The molecule has 1 atom stereocenters. The molecule has 7 nitrogen and oxygen atoms in total. The minimum atomic E-state index is -0.381. The maximum Gasteiger partial charge on any atom is 0.287 e. The van der Waals surface area contributed by atoms with E-state index in [0.29, 0.717) is 11.9 Å². The molecule has 2 heterocycles. The molecular formula is C19H20N4O3. The molecule has 0 bridgehead atoms. The van der Waals surface area contributed by atoms with Gasteiger partial charge in [-0.05, 0) is 44.0 Å². The minimum absolute atomic E-state index is 0.0403. The van der Waals surface area contributed by atoms with Crippen LogP contribution in [0.1, 0.15) is 42.2 Å². The second-order valence-electron chi connectivity index (χ2n) is 6.56. The molecule has 7 heteroatoms. The van der Waals surface area contributed by atoms with E-state index in [1.54, 1.807) is 12.1 Å². The maximum absolute atomic E-state index is 12.3. The molecule has 0 saturated heterocycles. The number of imidazole rings is 1. The lowest BCUT2D eigenvalue weighted by Crippen LogP contribution is -2.32. The van der Waals surface area contributed by atoms with Gasteiger partial charge in [0.05, 0.1) is 23.3 Å². The average Bonchev–Trinajstić information content (AvgIpc) is 3.13. The highest BCUT2D eigenvalue weighted by Crippen LogP contribution is 2.22. The van der Waals surface area contributed by atoms with Crippen molar-refractivity contribution in [2.75, 3.05) is 0 Å². The Morgan fingerprint density at radius 3 is 2.81 bits per heavy atom. The highest BCUT2D eigenvalue weighted by molar-refractivity contribution is 5.91. The SMILES string of the molecule is CC(NC(=O)c1ccco1)c1nc2ccccc2n1CC(=O)NC1CC1. The summed E-state index contributed by atoms with van der Waals surface area (Å²) < 4.78 is 6.99. The van der Waals surface area contributed by atoms with Crippen molar-refractivity contribution in [1.82, 2.24) is 20.2 Å². The molecule has 1 unspecified atom stereocenters. The second-order valence-corrected chi connectivity index (χ2v) is 6.56. The van der Waals surface area contributed by atoms with Crippen LogP contribution in [0, 0.1) is 0 Å². The third-order valence-corrected chi connectivity index (χ3v) is 4.41. The number of aromatic nitrogens is 2. The molecule has 1 fully saturated rings. The number of nitrogens with one attached hydrogen (secondary N) is 2. The number of hydrogen-bond acceptors (Lipinski definition) is 4. The van der Waals surface area contributed by atoms with Crippen LogP contribution in [-0.4, -0.2) is 27.4 Å². The number of nitrogens with zero attached hydrogens (tertiary/aromatic N) is 2. The van der Waals surface area contributed by atoms with Crippen molar-refractivity contribution >= 4 is 22.8 Å². The molecule has 0 spiro atoms. The average molecular weight is 352 g/mol.